The van der Waals surface area contributed by atoms with Gasteiger partial charge in [-0.2, -0.15) is 0 Å². The Bertz CT molecular complexity index is 563. The molecular weight excluding hydrogens is 206 g/mol. The Balaban J connectivity index is 2.76. The van der Waals surface area contributed by atoms with Crippen molar-refractivity contribution in [3.8, 4) is 5.75 Å². The van der Waals surface area contributed by atoms with Crippen molar-refractivity contribution < 1.29 is 9.66 Å². The molecule has 2 rings (SSSR count). The highest BCUT2D eigenvalue weighted by molar-refractivity contribution is 5.95. The first-order chi connectivity index (χ1) is 7.74. The maximum absolute atomic E-state index is 10.8. The van der Waals surface area contributed by atoms with E-state index in [-0.39, 0.29) is 5.69 Å². The van der Waals surface area contributed by atoms with Gasteiger partial charge in [0.1, 0.15) is 5.75 Å². The molecule has 4 heteroatoms. The summed E-state index contributed by atoms with van der Waals surface area (Å²) in [5.41, 5.74) is 0.0759. The summed E-state index contributed by atoms with van der Waals surface area (Å²) in [6.45, 7) is 3.46. The number of nitro benzene ring substituents is 1. The summed E-state index contributed by atoms with van der Waals surface area (Å²) in [4.78, 5) is 10.4. The summed E-state index contributed by atoms with van der Waals surface area (Å²) in [6.07, 6.45) is 1.30. The van der Waals surface area contributed by atoms with Gasteiger partial charge in [-0.1, -0.05) is 24.8 Å². The first kappa shape index (κ1) is 10.2. The van der Waals surface area contributed by atoms with Crippen molar-refractivity contribution in [2.75, 3.05) is 0 Å². The van der Waals surface area contributed by atoms with Gasteiger partial charge in [0.05, 0.1) is 16.6 Å². The van der Waals surface area contributed by atoms with Gasteiger partial charge in [0.2, 0.25) is 0 Å². The monoisotopic (exact) mass is 215 g/mol. The molecule has 0 heterocycles. The zero-order valence-electron chi connectivity index (χ0n) is 8.42. The van der Waals surface area contributed by atoms with Crippen LogP contribution in [0, 0.1) is 10.1 Å². The fourth-order valence-corrected chi connectivity index (χ4v) is 1.61. The van der Waals surface area contributed by atoms with Gasteiger partial charge < -0.3 is 4.74 Å². The molecule has 2 aromatic carbocycles. The number of hydrogen-bond acceptors (Lipinski definition) is 3. The van der Waals surface area contributed by atoms with Crippen molar-refractivity contribution >= 4 is 16.5 Å². The molecule has 0 aliphatic heterocycles. The second-order valence-electron chi connectivity index (χ2n) is 3.17. The minimum atomic E-state index is -0.403. The number of rotatable bonds is 3. The predicted molar refractivity (Wildman–Crippen MR) is 61.4 cm³/mol. The second-order valence-corrected chi connectivity index (χ2v) is 3.17. The van der Waals surface area contributed by atoms with E-state index in [0.717, 1.165) is 0 Å². The van der Waals surface area contributed by atoms with Crippen molar-refractivity contribution in [3.63, 3.8) is 0 Å². The van der Waals surface area contributed by atoms with Gasteiger partial charge >= 0.3 is 0 Å². The van der Waals surface area contributed by atoms with Crippen molar-refractivity contribution in [3.05, 3.63) is 59.4 Å². The Morgan fingerprint density at radius 3 is 2.50 bits per heavy atom. The number of benzene rings is 2. The number of hydrogen-bond donors (Lipinski definition) is 0. The summed E-state index contributed by atoms with van der Waals surface area (Å²) in [5, 5.41) is 12.1. The van der Waals surface area contributed by atoms with E-state index in [9.17, 15) is 10.1 Å². The van der Waals surface area contributed by atoms with Gasteiger partial charge in [0.25, 0.3) is 5.69 Å². The molecule has 0 amide bonds. The largest absolute Gasteiger partial charge is 0.465 e. The van der Waals surface area contributed by atoms with Crippen LogP contribution in [0.5, 0.6) is 5.75 Å². The zero-order valence-corrected chi connectivity index (χ0v) is 8.42. The van der Waals surface area contributed by atoms with Crippen LogP contribution in [0.4, 0.5) is 5.69 Å². The number of non-ortho nitro benzene ring substituents is 1. The number of fused-ring (bicyclic) bond motifs is 1. The summed E-state index contributed by atoms with van der Waals surface area (Å²) in [7, 11) is 0. The lowest BCUT2D eigenvalue weighted by atomic mass is 10.1. The Labute approximate surface area is 91.9 Å². The zero-order chi connectivity index (χ0) is 11.5. The molecule has 0 atom stereocenters. The Morgan fingerprint density at radius 2 is 1.88 bits per heavy atom. The van der Waals surface area contributed by atoms with Gasteiger partial charge in [-0.25, -0.2) is 0 Å². The SMILES string of the molecule is C=COc1ccc([N+](=O)[O-])c2ccccc12. The van der Waals surface area contributed by atoms with Gasteiger partial charge in [-0.05, 0) is 12.1 Å². The molecule has 80 valence electrons. The van der Waals surface area contributed by atoms with Crippen molar-refractivity contribution in [2.24, 2.45) is 0 Å². The Morgan fingerprint density at radius 1 is 1.19 bits per heavy atom. The van der Waals surface area contributed by atoms with E-state index in [1.165, 1.54) is 12.3 Å². The van der Waals surface area contributed by atoms with Gasteiger partial charge in [-0.3, -0.25) is 10.1 Å². The van der Waals surface area contributed by atoms with Gasteiger partial charge in [0, 0.05) is 11.5 Å². The molecule has 0 unspecified atom stereocenters. The highest BCUT2D eigenvalue weighted by Crippen LogP contribution is 2.32. The maximum Gasteiger partial charge on any atom is 0.277 e. The summed E-state index contributed by atoms with van der Waals surface area (Å²) >= 11 is 0. The summed E-state index contributed by atoms with van der Waals surface area (Å²) in [5.74, 6) is 0.566. The van der Waals surface area contributed by atoms with Crippen LogP contribution in [0.25, 0.3) is 10.8 Å². The topological polar surface area (TPSA) is 52.4 Å². The molecule has 0 saturated carbocycles. The molecular formula is C12H9NO3. The first-order valence-corrected chi connectivity index (χ1v) is 4.67. The highest BCUT2D eigenvalue weighted by Gasteiger charge is 2.13. The van der Waals surface area contributed by atoms with Gasteiger partial charge in [0.15, 0.2) is 0 Å². The fourth-order valence-electron chi connectivity index (χ4n) is 1.61. The average molecular weight is 215 g/mol. The van der Waals surface area contributed by atoms with E-state index in [1.54, 1.807) is 24.3 Å². The Hall–Kier alpha value is -2.36. The standard InChI is InChI=1S/C12H9NO3/c1-2-16-12-8-7-11(13(14)15)9-5-3-4-6-10(9)12/h2-8H,1H2. The van der Waals surface area contributed by atoms with Crippen LogP contribution in [0.1, 0.15) is 0 Å². The molecule has 0 saturated heterocycles. The lowest BCUT2D eigenvalue weighted by molar-refractivity contribution is -0.383. The summed E-state index contributed by atoms with van der Waals surface area (Å²) in [6, 6.07) is 10.0. The Kier molecular flexibility index (Phi) is 2.55. The smallest absolute Gasteiger partial charge is 0.277 e. The quantitative estimate of drug-likeness (QED) is 0.448. The van der Waals surface area contributed by atoms with E-state index in [0.29, 0.717) is 16.5 Å². The molecule has 0 N–H and O–H groups in total. The van der Waals surface area contributed by atoms with Crippen molar-refractivity contribution in [2.45, 2.75) is 0 Å². The molecule has 0 aliphatic rings. The van der Waals surface area contributed by atoms with Gasteiger partial charge in [-0.15, -0.1) is 0 Å². The third-order valence-corrected chi connectivity index (χ3v) is 2.27. The van der Waals surface area contributed by atoms with Crippen LogP contribution >= 0.6 is 0 Å². The van der Waals surface area contributed by atoms with E-state index in [4.69, 9.17) is 4.74 Å². The normalized spacial score (nSPS) is 10.0. The molecule has 0 radical (unpaired) electrons. The predicted octanol–water partition coefficient (Wildman–Crippen LogP) is 3.27. The van der Waals surface area contributed by atoms with Crippen LogP contribution in [0.15, 0.2) is 49.2 Å². The first-order valence-electron chi connectivity index (χ1n) is 4.67. The van der Waals surface area contributed by atoms with Crippen molar-refractivity contribution in [1.29, 1.82) is 0 Å². The van der Waals surface area contributed by atoms with E-state index >= 15 is 0 Å². The summed E-state index contributed by atoms with van der Waals surface area (Å²) < 4.78 is 5.20. The third-order valence-electron chi connectivity index (χ3n) is 2.27. The lowest BCUT2D eigenvalue weighted by Crippen LogP contribution is -1.91. The van der Waals surface area contributed by atoms with Crippen LogP contribution in [-0.4, -0.2) is 4.92 Å². The molecule has 2 aromatic rings. The van der Waals surface area contributed by atoms with Crippen LogP contribution in [-0.2, 0) is 0 Å². The number of nitrogens with zero attached hydrogens (tertiary/aromatic N) is 1. The van der Waals surface area contributed by atoms with Crippen LogP contribution in [0.3, 0.4) is 0 Å². The molecule has 0 bridgehead atoms. The number of ether oxygens (including phenoxy) is 1. The van der Waals surface area contributed by atoms with E-state index in [2.05, 4.69) is 6.58 Å². The second kappa shape index (κ2) is 4.02. The third kappa shape index (κ3) is 1.61. The fraction of sp³-hybridized carbons (Fsp3) is 0. The molecule has 0 aromatic heterocycles. The minimum Gasteiger partial charge on any atom is -0.465 e. The number of nitro groups is 1. The molecule has 4 nitrogen and oxygen atoms in total. The van der Waals surface area contributed by atoms with E-state index < -0.39 is 4.92 Å². The molecule has 0 spiro atoms. The molecule has 16 heavy (non-hydrogen) atoms. The molecule has 0 fully saturated rings. The van der Waals surface area contributed by atoms with Crippen LogP contribution < -0.4 is 4.74 Å². The van der Waals surface area contributed by atoms with Crippen LogP contribution in [0.2, 0.25) is 0 Å². The van der Waals surface area contributed by atoms with Crippen molar-refractivity contribution in [1.82, 2.24) is 0 Å². The highest BCUT2D eigenvalue weighted by atomic mass is 16.6. The maximum atomic E-state index is 10.8. The minimum absolute atomic E-state index is 0.0759. The lowest BCUT2D eigenvalue weighted by Gasteiger charge is -2.05. The molecule has 0 aliphatic carbocycles. The average Bonchev–Trinajstić information content (AvgIpc) is 2.29. The van der Waals surface area contributed by atoms with E-state index in [1.807, 2.05) is 6.07 Å².